The number of aryl methyl sites for hydroxylation is 1. The monoisotopic (exact) mass is 408 g/mol. The zero-order chi connectivity index (χ0) is 21.7. The number of aromatic nitrogens is 1. The van der Waals surface area contributed by atoms with Gasteiger partial charge in [-0.3, -0.25) is 9.59 Å². The fourth-order valence-electron chi connectivity index (χ4n) is 3.53. The average Bonchev–Trinajstić information content (AvgIpc) is 3.24. The average molecular weight is 409 g/mol. The van der Waals surface area contributed by atoms with Crippen molar-refractivity contribution in [3.63, 3.8) is 0 Å². The van der Waals surface area contributed by atoms with Gasteiger partial charge in [-0.1, -0.05) is 32.9 Å². The van der Waals surface area contributed by atoms with E-state index in [0.717, 1.165) is 24.6 Å². The first-order valence-electron chi connectivity index (χ1n) is 10.7. The standard InChI is InChI=1S/C24H32N4O2/c1-17-20(11-12-21(26-17)28-15-5-6-16-28)27-22(29)13-14-25-23(30)18-7-9-19(10-8-18)24(2,3)4/h7-12H,5-6,13-16H2,1-4H3,(H,25,30)(H,27,29). The highest BCUT2D eigenvalue weighted by atomic mass is 16.2. The van der Waals surface area contributed by atoms with E-state index in [4.69, 9.17) is 0 Å². The lowest BCUT2D eigenvalue weighted by molar-refractivity contribution is -0.116. The predicted octanol–water partition coefficient (Wildman–Crippen LogP) is 4.05. The highest BCUT2D eigenvalue weighted by Crippen LogP contribution is 2.23. The molecule has 1 fully saturated rings. The van der Waals surface area contributed by atoms with Crippen molar-refractivity contribution >= 4 is 23.3 Å². The first-order chi connectivity index (χ1) is 14.2. The SMILES string of the molecule is Cc1nc(N2CCCC2)ccc1NC(=O)CCNC(=O)c1ccc(C(C)(C)C)cc1. The van der Waals surface area contributed by atoms with Crippen LogP contribution in [0.25, 0.3) is 0 Å². The minimum absolute atomic E-state index is 0.0484. The predicted molar refractivity (Wildman–Crippen MR) is 121 cm³/mol. The van der Waals surface area contributed by atoms with Gasteiger partial charge < -0.3 is 15.5 Å². The molecule has 2 N–H and O–H groups in total. The van der Waals surface area contributed by atoms with Crippen LogP contribution in [-0.4, -0.2) is 36.4 Å². The van der Waals surface area contributed by atoms with E-state index in [1.807, 2.05) is 43.3 Å². The molecule has 0 radical (unpaired) electrons. The molecule has 6 nitrogen and oxygen atoms in total. The first-order valence-corrected chi connectivity index (χ1v) is 10.7. The Balaban J connectivity index is 1.47. The summed E-state index contributed by atoms with van der Waals surface area (Å²) < 4.78 is 0. The smallest absolute Gasteiger partial charge is 0.251 e. The van der Waals surface area contributed by atoms with Crippen LogP contribution in [-0.2, 0) is 10.2 Å². The van der Waals surface area contributed by atoms with Gasteiger partial charge in [0.1, 0.15) is 5.82 Å². The summed E-state index contributed by atoms with van der Waals surface area (Å²) in [5.74, 6) is 0.654. The van der Waals surface area contributed by atoms with Crippen LogP contribution < -0.4 is 15.5 Å². The lowest BCUT2D eigenvalue weighted by Crippen LogP contribution is -2.28. The van der Waals surface area contributed by atoms with Crippen LogP contribution in [0.15, 0.2) is 36.4 Å². The summed E-state index contributed by atoms with van der Waals surface area (Å²) in [7, 11) is 0. The van der Waals surface area contributed by atoms with Crippen molar-refractivity contribution in [3.8, 4) is 0 Å². The molecule has 1 aliphatic rings. The summed E-state index contributed by atoms with van der Waals surface area (Å²) in [6.07, 6.45) is 2.61. The van der Waals surface area contributed by atoms with Gasteiger partial charge in [0.05, 0.1) is 11.4 Å². The molecular weight excluding hydrogens is 376 g/mol. The number of rotatable bonds is 6. The molecule has 2 aromatic rings. The van der Waals surface area contributed by atoms with Crippen LogP contribution in [0.2, 0.25) is 0 Å². The van der Waals surface area contributed by atoms with Crippen LogP contribution in [0.5, 0.6) is 0 Å². The number of nitrogens with one attached hydrogen (secondary N) is 2. The van der Waals surface area contributed by atoms with Gasteiger partial charge in [-0.15, -0.1) is 0 Å². The summed E-state index contributed by atoms with van der Waals surface area (Å²) in [4.78, 5) is 31.5. The van der Waals surface area contributed by atoms with Gasteiger partial charge in [0.2, 0.25) is 5.91 Å². The molecule has 1 saturated heterocycles. The van der Waals surface area contributed by atoms with Crippen molar-refractivity contribution in [2.45, 2.75) is 52.4 Å². The molecule has 6 heteroatoms. The van der Waals surface area contributed by atoms with E-state index >= 15 is 0 Å². The highest BCUT2D eigenvalue weighted by molar-refractivity contribution is 5.95. The molecular formula is C24H32N4O2. The van der Waals surface area contributed by atoms with Crippen molar-refractivity contribution in [3.05, 3.63) is 53.2 Å². The number of benzene rings is 1. The van der Waals surface area contributed by atoms with Crippen LogP contribution in [0.1, 0.15) is 61.6 Å². The maximum Gasteiger partial charge on any atom is 0.251 e. The molecule has 0 spiro atoms. The van der Waals surface area contributed by atoms with E-state index in [9.17, 15) is 9.59 Å². The van der Waals surface area contributed by atoms with Crippen LogP contribution in [0.4, 0.5) is 11.5 Å². The maximum absolute atomic E-state index is 12.3. The Labute approximate surface area is 179 Å². The summed E-state index contributed by atoms with van der Waals surface area (Å²) in [5.41, 5.74) is 3.34. The quantitative estimate of drug-likeness (QED) is 0.756. The molecule has 160 valence electrons. The number of nitrogens with zero attached hydrogens (tertiary/aromatic N) is 2. The number of carbonyl (C=O) groups excluding carboxylic acids is 2. The number of amides is 2. The Morgan fingerprint density at radius 2 is 1.70 bits per heavy atom. The zero-order valence-corrected chi connectivity index (χ0v) is 18.4. The third-order valence-electron chi connectivity index (χ3n) is 5.43. The van der Waals surface area contributed by atoms with Crippen LogP contribution in [0, 0.1) is 6.92 Å². The van der Waals surface area contributed by atoms with Gasteiger partial charge in [0, 0.05) is 31.6 Å². The van der Waals surface area contributed by atoms with Gasteiger partial charge in [0.25, 0.3) is 5.91 Å². The fraction of sp³-hybridized carbons (Fsp3) is 0.458. The number of anilines is 2. The number of hydrogen-bond acceptors (Lipinski definition) is 4. The molecule has 0 bridgehead atoms. The molecule has 1 aromatic carbocycles. The lowest BCUT2D eigenvalue weighted by Gasteiger charge is -2.19. The Morgan fingerprint density at radius 3 is 2.30 bits per heavy atom. The Hall–Kier alpha value is -2.89. The topological polar surface area (TPSA) is 74.3 Å². The summed E-state index contributed by atoms with van der Waals surface area (Å²) in [5, 5.41) is 5.71. The van der Waals surface area contributed by atoms with E-state index in [1.54, 1.807) is 0 Å². The molecule has 0 unspecified atom stereocenters. The molecule has 0 aliphatic carbocycles. The molecule has 30 heavy (non-hydrogen) atoms. The van der Waals surface area contributed by atoms with Gasteiger partial charge >= 0.3 is 0 Å². The largest absolute Gasteiger partial charge is 0.357 e. The van der Waals surface area contributed by atoms with Gasteiger partial charge in [-0.2, -0.15) is 0 Å². The van der Waals surface area contributed by atoms with Crippen molar-refractivity contribution in [2.24, 2.45) is 0 Å². The summed E-state index contributed by atoms with van der Waals surface area (Å²) in [6, 6.07) is 11.5. The van der Waals surface area contributed by atoms with E-state index in [1.165, 1.54) is 18.4 Å². The normalized spacial score (nSPS) is 13.9. The second kappa shape index (κ2) is 9.28. The van der Waals surface area contributed by atoms with Crippen molar-refractivity contribution in [1.82, 2.24) is 10.3 Å². The van der Waals surface area contributed by atoms with Crippen LogP contribution in [0.3, 0.4) is 0 Å². The van der Waals surface area contributed by atoms with Crippen molar-refractivity contribution < 1.29 is 9.59 Å². The van der Waals surface area contributed by atoms with Crippen LogP contribution >= 0.6 is 0 Å². The molecule has 1 aromatic heterocycles. The highest BCUT2D eigenvalue weighted by Gasteiger charge is 2.16. The minimum Gasteiger partial charge on any atom is -0.357 e. The fourth-order valence-corrected chi connectivity index (χ4v) is 3.53. The second-order valence-electron chi connectivity index (χ2n) is 8.88. The second-order valence-corrected chi connectivity index (χ2v) is 8.88. The zero-order valence-electron chi connectivity index (χ0n) is 18.4. The Morgan fingerprint density at radius 1 is 1.03 bits per heavy atom. The Bertz CT molecular complexity index is 894. The van der Waals surface area contributed by atoms with Gasteiger partial charge in [-0.05, 0) is 55.0 Å². The molecule has 3 rings (SSSR count). The number of pyridine rings is 1. The van der Waals surface area contributed by atoms with E-state index in [-0.39, 0.29) is 30.2 Å². The van der Waals surface area contributed by atoms with Crippen molar-refractivity contribution in [1.29, 1.82) is 0 Å². The first kappa shape index (κ1) is 21.8. The van der Waals surface area contributed by atoms with Gasteiger partial charge in [-0.25, -0.2) is 4.98 Å². The Kier molecular flexibility index (Phi) is 6.75. The lowest BCUT2D eigenvalue weighted by atomic mass is 9.87. The number of hydrogen-bond donors (Lipinski definition) is 2. The third kappa shape index (κ3) is 5.59. The maximum atomic E-state index is 12.3. The van der Waals surface area contributed by atoms with E-state index in [2.05, 4.69) is 41.3 Å². The summed E-state index contributed by atoms with van der Waals surface area (Å²) in [6.45, 7) is 10.7. The van der Waals surface area contributed by atoms with E-state index < -0.39 is 0 Å². The van der Waals surface area contributed by atoms with Crippen molar-refractivity contribution in [2.75, 3.05) is 29.9 Å². The molecule has 0 atom stereocenters. The molecule has 2 heterocycles. The van der Waals surface area contributed by atoms with Gasteiger partial charge in [0.15, 0.2) is 0 Å². The molecule has 0 saturated carbocycles. The molecule has 1 aliphatic heterocycles. The summed E-state index contributed by atoms with van der Waals surface area (Å²) >= 11 is 0. The molecule has 2 amide bonds. The number of carbonyl (C=O) groups is 2. The third-order valence-corrected chi connectivity index (χ3v) is 5.43. The minimum atomic E-state index is -0.170. The van der Waals surface area contributed by atoms with E-state index in [0.29, 0.717) is 11.3 Å².